The minimum Gasteiger partial charge on any atom is -0.335 e. The van der Waals surface area contributed by atoms with Crippen molar-refractivity contribution in [2.24, 2.45) is 0 Å². The SMILES string of the molecule is O=C(c1cc(Cl)cc(Cl)c1)N1CC[C@H](N(CCc2ccccc2)C(=O)C(F)(F)F)C[C@H]1Cc1ccccc1. The largest absolute Gasteiger partial charge is 0.471 e. The summed E-state index contributed by atoms with van der Waals surface area (Å²) in [7, 11) is 0. The zero-order chi connectivity index (χ0) is 27.3. The van der Waals surface area contributed by atoms with Crippen molar-refractivity contribution >= 4 is 35.0 Å². The summed E-state index contributed by atoms with van der Waals surface area (Å²) in [5.74, 6) is -2.15. The molecule has 1 aliphatic heterocycles. The first kappa shape index (κ1) is 28.0. The quantitative estimate of drug-likeness (QED) is 0.316. The number of alkyl halides is 3. The molecule has 1 saturated heterocycles. The molecule has 1 aliphatic rings. The summed E-state index contributed by atoms with van der Waals surface area (Å²) in [6.45, 7) is 0.126. The molecule has 0 saturated carbocycles. The molecule has 0 aromatic heterocycles. The summed E-state index contributed by atoms with van der Waals surface area (Å²) < 4.78 is 40.9. The average Bonchev–Trinajstić information content (AvgIpc) is 2.88. The smallest absolute Gasteiger partial charge is 0.335 e. The van der Waals surface area contributed by atoms with Crippen molar-refractivity contribution in [1.82, 2.24) is 9.80 Å². The molecule has 2 amide bonds. The maximum atomic E-state index is 13.6. The van der Waals surface area contributed by atoms with E-state index in [2.05, 4.69) is 0 Å². The number of nitrogens with zero attached hydrogens (tertiary/aromatic N) is 2. The van der Waals surface area contributed by atoms with Crippen LogP contribution in [0.1, 0.15) is 34.3 Å². The van der Waals surface area contributed by atoms with Gasteiger partial charge in [0.2, 0.25) is 0 Å². The van der Waals surface area contributed by atoms with Gasteiger partial charge >= 0.3 is 12.1 Å². The monoisotopic (exact) mass is 562 g/mol. The van der Waals surface area contributed by atoms with Crippen molar-refractivity contribution in [2.45, 2.75) is 43.9 Å². The number of carbonyl (C=O) groups excluding carboxylic acids is 2. The molecule has 0 spiro atoms. The summed E-state index contributed by atoms with van der Waals surface area (Å²) in [4.78, 5) is 28.7. The lowest BCUT2D eigenvalue weighted by Crippen LogP contribution is -2.56. The van der Waals surface area contributed by atoms with Crippen molar-refractivity contribution in [3.05, 3.63) is 106 Å². The molecule has 1 fully saturated rings. The Kier molecular flexibility index (Phi) is 9.00. The second-order valence-corrected chi connectivity index (χ2v) is 10.3. The third-order valence-electron chi connectivity index (χ3n) is 6.80. The van der Waals surface area contributed by atoms with Gasteiger partial charge in [-0.15, -0.1) is 0 Å². The molecule has 3 aromatic carbocycles. The highest BCUT2D eigenvalue weighted by atomic mass is 35.5. The third kappa shape index (κ3) is 7.08. The highest BCUT2D eigenvalue weighted by Gasteiger charge is 2.46. The highest BCUT2D eigenvalue weighted by Crippen LogP contribution is 2.30. The Morgan fingerprint density at radius 2 is 1.47 bits per heavy atom. The summed E-state index contributed by atoms with van der Waals surface area (Å²) in [5.41, 5.74) is 2.10. The van der Waals surface area contributed by atoms with E-state index >= 15 is 0 Å². The molecule has 0 N–H and O–H groups in total. The first-order valence-electron chi connectivity index (χ1n) is 12.3. The molecule has 1 heterocycles. The fourth-order valence-corrected chi connectivity index (χ4v) is 5.54. The first-order valence-corrected chi connectivity index (χ1v) is 13.1. The van der Waals surface area contributed by atoms with E-state index in [0.29, 0.717) is 28.5 Å². The van der Waals surface area contributed by atoms with E-state index in [1.54, 1.807) is 4.90 Å². The first-order chi connectivity index (χ1) is 18.1. The lowest BCUT2D eigenvalue weighted by Gasteiger charge is -2.44. The van der Waals surface area contributed by atoms with E-state index in [4.69, 9.17) is 23.2 Å². The van der Waals surface area contributed by atoms with Gasteiger partial charge in [0.15, 0.2) is 0 Å². The van der Waals surface area contributed by atoms with E-state index in [1.807, 2.05) is 60.7 Å². The van der Waals surface area contributed by atoms with Gasteiger partial charge in [-0.1, -0.05) is 83.9 Å². The molecule has 0 bridgehead atoms. The van der Waals surface area contributed by atoms with E-state index in [1.165, 1.54) is 18.2 Å². The molecule has 9 heteroatoms. The standard InChI is InChI=1S/C29H27Cl2F3N2O2/c30-23-16-22(17-24(31)18-23)27(37)35-14-12-25(19-26(35)15-21-9-5-2-6-10-21)36(28(38)29(32,33)34)13-11-20-7-3-1-4-8-20/h1-10,16-18,25-26H,11-15,19H2/t25-,26+/m0/s1. The Labute approximate surface area is 229 Å². The molecule has 0 aliphatic carbocycles. The van der Waals surface area contributed by atoms with E-state index < -0.39 is 24.2 Å². The van der Waals surface area contributed by atoms with Gasteiger partial charge in [-0.2, -0.15) is 13.2 Å². The number of benzene rings is 3. The molecular formula is C29H27Cl2F3N2O2. The van der Waals surface area contributed by atoms with Gasteiger partial charge in [0.05, 0.1) is 0 Å². The van der Waals surface area contributed by atoms with Crippen molar-refractivity contribution in [3.63, 3.8) is 0 Å². The molecule has 0 radical (unpaired) electrons. The topological polar surface area (TPSA) is 40.6 Å². The number of hydrogen-bond acceptors (Lipinski definition) is 2. The third-order valence-corrected chi connectivity index (χ3v) is 7.24. The van der Waals surface area contributed by atoms with Gasteiger partial charge in [0.1, 0.15) is 0 Å². The van der Waals surface area contributed by atoms with Crippen LogP contribution in [-0.2, 0) is 17.6 Å². The van der Waals surface area contributed by atoms with Crippen LogP contribution in [0.4, 0.5) is 13.2 Å². The fraction of sp³-hybridized carbons (Fsp3) is 0.310. The second kappa shape index (κ2) is 12.2. The Morgan fingerprint density at radius 3 is 2.05 bits per heavy atom. The van der Waals surface area contributed by atoms with Crippen LogP contribution in [0.15, 0.2) is 78.9 Å². The number of carbonyl (C=O) groups is 2. The zero-order valence-electron chi connectivity index (χ0n) is 20.5. The van der Waals surface area contributed by atoms with Crippen LogP contribution in [-0.4, -0.2) is 53.0 Å². The van der Waals surface area contributed by atoms with Crippen LogP contribution in [0.25, 0.3) is 0 Å². The van der Waals surface area contributed by atoms with E-state index in [0.717, 1.165) is 16.0 Å². The lowest BCUT2D eigenvalue weighted by molar-refractivity contribution is -0.188. The predicted octanol–water partition coefficient (Wildman–Crippen LogP) is 6.84. The van der Waals surface area contributed by atoms with E-state index in [-0.39, 0.29) is 31.8 Å². The molecule has 4 rings (SSSR count). The number of hydrogen-bond donors (Lipinski definition) is 0. The van der Waals surface area contributed by atoms with Crippen molar-refractivity contribution in [2.75, 3.05) is 13.1 Å². The molecular weight excluding hydrogens is 536 g/mol. The van der Waals surface area contributed by atoms with Gasteiger partial charge in [-0.05, 0) is 55.0 Å². The molecule has 2 atom stereocenters. The van der Waals surface area contributed by atoms with Crippen LogP contribution in [0, 0.1) is 0 Å². The number of amides is 2. The Morgan fingerprint density at radius 1 is 0.895 bits per heavy atom. The molecule has 4 nitrogen and oxygen atoms in total. The number of rotatable bonds is 7. The van der Waals surface area contributed by atoms with Gasteiger partial charge in [-0.3, -0.25) is 9.59 Å². The van der Waals surface area contributed by atoms with Gasteiger partial charge in [-0.25, -0.2) is 0 Å². The summed E-state index contributed by atoms with van der Waals surface area (Å²) >= 11 is 12.2. The van der Waals surface area contributed by atoms with Crippen molar-refractivity contribution in [3.8, 4) is 0 Å². The summed E-state index contributed by atoms with van der Waals surface area (Å²) in [6.07, 6.45) is -3.82. The van der Waals surface area contributed by atoms with Crippen LogP contribution in [0.5, 0.6) is 0 Å². The maximum absolute atomic E-state index is 13.6. The minimum absolute atomic E-state index is 0.0665. The molecule has 200 valence electrons. The normalized spacial score (nSPS) is 17.8. The fourth-order valence-electron chi connectivity index (χ4n) is 5.01. The number of piperidine rings is 1. The Bertz CT molecular complexity index is 1240. The maximum Gasteiger partial charge on any atom is 0.471 e. The average molecular weight is 563 g/mol. The zero-order valence-corrected chi connectivity index (χ0v) is 22.0. The molecule has 38 heavy (non-hydrogen) atoms. The second-order valence-electron chi connectivity index (χ2n) is 9.41. The van der Waals surface area contributed by atoms with Crippen LogP contribution < -0.4 is 0 Å². The van der Waals surface area contributed by atoms with Gasteiger partial charge in [0, 0.05) is 40.8 Å². The number of likely N-dealkylation sites (tertiary alicyclic amines) is 1. The predicted molar refractivity (Wildman–Crippen MR) is 142 cm³/mol. The highest BCUT2D eigenvalue weighted by molar-refractivity contribution is 6.35. The lowest BCUT2D eigenvalue weighted by atomic mass is 9.90. The van der Waals surface area contributed by atoms with Crippen LogP contribution in [0.2, 0.25) is 10.0 Å². The number of halogens is 5. The van der Waals surface area contributed by atoms with Crippen LogP contribution in [0.3, 0.4) is 0 Å². The van der Waals surface area contributed by atoms with Crippen LogP contribution >= 0.6 is 23.2 Å². The Balaban J connectivity index is 1.61. The summed E-state index contributed by atoms with van der Waals surface area (Å²) in [6, 6.07) is 22.0. The minimum atomic E-state index is -4.99. The summed E-state index contributed by atoms with van der Waals surface area (Å²) in [5, 5.41) is 0.636. The molecule has 3 aromatic rings. The Hall–Kier alpha value is -3.03. The van der Waals surface area contributed by atoms with Crippen molar-refractivity contribution < 1.29 is 22.8 Å². The van der Waals surface area contributed by atoms with Crippen molar-refractivity contribution in [1.29, 1.82) is 0 Å². The van der Waals surface area contributed by atoms with Gasteiger partial charge in [0.25, 0.3) is 5.91 Å². The van der Waals surface area contributed by atoms with Gasteiger partial charge < -0.3 is 9.80 Å². The van der Waals surface area contributed by atoms with E-state index in [9.17, 15) is 22.8 Å². The molecule has 0 unspecified atom stereocenters.